The Labute approximate surface area is 108 Å². The molecule has 0 saturated carbocycles. The molecule has 0 spiro atoms. The molecule has 0 heterocycles. The van der Waals surface area contributed by atoms with Gasteiger partial charge in [-0.2, -0.15) is 0 Å². The molecule has 3 N–H and O–H groups in total. The number of nitrogens with zero attached hydrogens (tertiary/aromatic N) is 1. The maximum absolute atomic E-state index is 11.7. The van der Waals surface area contributed by atoms with Crippen molar-refractivity contribution in [3.05, 3.63) is 24.3 Å². The zero-order valence-electron chi connectivity index (χ0n) is 11.4. The molecule has 1 amide bonds. The summed E-state index contributed by atoms with van der Waals surface area (Å²) in [6.07, 6.45) is 0. The maximum atomic E-state index is 11.7. The van der Waals surface area contributed by atoms with E-state index in [0.29, 0.717) is 6.54 Å². The lowest BCUT2D eigenvalue weighted by Gasteiger charge is -2.30. The Hall–Kier alpha value is -1.75. The largest absolute Gasteiger partial charge is 0.495 e. The molecule has 0 unspecified atom stereocenters. The first-order chi connectivity index (χ1) is 8.42. The summed E-state index contributed by atoms with van der Waals surface area (Å²) in [6.45, 7) is 4.23. The Balaban J connectivity index is 2.88. The van der Waals surface area contributed by atoms with E-state index in [0.717, 1.165) is 11.4 Å². The number of hydrogen-bond donors (Lipinski definition) is 2. The molecular formula is C13H21N3O2. The summed E-state index contributed by atoms with van der Waals surface area (Å²) in [7, 11) is 3.55. The first-order valence-corrected chi connectivity index (χ1v) is 5.77. The fourth-order valence-electron chi connectivity index (χ4n) is 1.89. The number of carbonyl (C=O) groups excluding carboxylic acids is 1. The molecule has 1 aromatic carbocycles. The van der Waals surface area contributed by atoms with Gasteiger partial charge >= 0.3 is 0 Å². The van der Waals surface area contributed by atoms with Crippen molar-refractivity contribution in [1.29, 1.82) is 0 Å². The molecule has 0 radical (unpaired) electrons. The van der Waals surface area contributed by atoms with Gasteiger partial charge in [0, 0.05) is 13.6 Å². The predicted molar refractivity (Wildman–Crippen MR) is 72.4 cm³/mol. The molecule has 1 rings (SSSR count). The highest BCUT2D eigenvalue weighted by Gasteiger charge is 2.29. The van der Waals surface area contributed by atoms with Crippen molar-refractivity contribution in [2.24, 2.45) is 11.3 Å². The van der Waals surface area contributed by atoms with Gasteiger partial charge in [0.25, 0.3) is 0 Å². The lowest BCUT2D eigenvalue weighted by Crippen LogP contribution is -2.46. The molecule has 0 saturated heterocycles. The number of rotatable bonds is 5. The van der Waals surface area contributed by atoms with E-state index in [-0.39, 0.29) is 5.91 Å². The number of hydrogen-bond acceptors (Lipinski definition) is 4. The van der Waals surface area contributed by atoms with Crippen molar-refractivity contribution in [1.82, 2.24) is 5.43 Å². The van der Waals surface area contributed by atoms with Gasteiger partial charge in [0.15, 0.2) is 0 Å². The van der Waals surface area contributed by atoms with E-state index in [9.17, 15) is 4.79 Å². The molecule has 18 heavy (non-hydrogen) atoms. The number of anilines is 1. The average Bonchev–Trinajstić information content (AvgIpc) is 2.36. The van der Waals surface area contributed by atoms with Crippen molar-refractivity contribution in [2.75, 3.05) is 25.6 Å². The first-order valence-electron chi connectivity index (χ1n) is 5.77. The second-order valence-corrected chi connectivity index (χ2v) is 4.89. The third-order valence-corrected chi connectivity index (χ3v) is 2.87. The molecule has 0 atom stereocenters. The minimum atomic E-state index is -0.579. The summed E-state index contributed by atoms with van der Waals surface area (Å²) in [5.41, 5.74) is 2.56. The van der Waals surface area contributed by atoms with Gasteiger partial charge in [-0.25, -0.2) is 5.84 Å². The average molecular weight is 251 g/mol. The van der Waals surface area contributed by atoms with Gasteiger partial charge in [0.2, 0.25) is 5.91 Å². The number of amides is 1. The molecular weight excluding hydrogens is 230 g/mol. The van der Waals surface area contributed by atoms with Gasteiger partial charge < -0.3 is 9.64 Å². The Bertz CT molecular complexity index is 418. The molecule has 0 aliphatic heterocycles. The van der Waals surface area contributed by atoms with E-state index in [1.54, 1.807) is 7.11 Å². The zero-order valence-corrected chi connectivity index (χ0v) is 11.4. The molecule has 0 aromatic heterocycles. The number of hydrazine groups is 1. The van der Waals surface area contributed by atoms with Gasteiger partial charge in [-0.1, -0.05) is 12.1 Å². The van der Waals surface area contributed by atoms with Gasteiger partial charge in [-0.3, -0.25) is 10.2 Å². The number of benzene rings is 1. The number of methoxy groups -OCH3 is 1. The van der Waals surface area contributed by atoms with Crippen LogP contribution in [0.4, 0.5) is 5.69 Å². The Morgan fingerprint density at radius 3 is 2.61 bits per heavy atom. The SMILES string of the molecule is COc1ccccc1N(C)CC(C)(C)C(=O)NN. The van der Waals surface area contributed by atoms with Crippen LogP contribution in [0.1, 0.15) is 13.8 Å². The number of nitrogens with one attached hydrogen (secondary N) is 1. The normalized spacial score (nSPS) is 10.9. The maximum Gasteiger partial charge on any atom is 0.241 e. The van der Waals surface area contributed by atoms with Crippen molar-refractivity contribution >= 4 is 11.6 Å². The number of ether oxygens (including phenoxy) is 1. The topological polar surface area (TPSA) is 67.6 Å². The van der Waals surface area contributed by atoms with E-state index < -0.39 is 5.41 Å². The standard InChI is InChI=1S/C13H21N3O2/c1-13(2,12(17)15-14)9-16(3)10-7-5-6-8-11(10)18-4/h5-8H,9,14H2,1-4H3,(H,15,17). The van der Waals surface area contributed by atoms with E-state index >= 15 is 0 Å². The minimum Gasteiger partial charge on any atom is -0.495 e. The third kappa shape index (κ3) is 3.13. The van der Waals surface area contributed by atoms with Crippen molar-refractivity contribution < 1.29 is 9.53 Å². The van der Waals surface area contributed by atoms with Gasteiger partial charge in [-0.05, 0) is 26.0 Å². The summed E-state index contributed by atoms with van der Waals surface area (Å²) < 4.78 is 5.30. The van der Waals surface area contributed by atoms with Crippen LogP contribution in [0.25, 0.3) is 0 Å². The quantitative estimate of drug-likeness (QED) is 0.468. The monoisotopic (exact) mass is 251 g/mol. The predicted octanol–water partition coefficient (Wildman–Crippen LogP) is 1.15. The van der Waals surface area contributed by atoms with Crippen molar-refractivity contribution in [3.8, 4) is 5.75 Å². The molecule has 0 bridgehead atoms. The molecule has 5 nitrogen and oxygen atoms in total. The summed E-state index contributed by atoms with van der Waals surface area (Å²) >= 11 is 0. The number of nitrogens with two attached hydrogens (primary N) is 1. The molecule has 1 aromatic rings. The van der Waals surface area contributed by atoms with Crippen LogP contribution in [-0.4, -0.2) is 26.6 Å². The minimum absolute atomic E-state index is 0.191. The highest BCUT2D eigenvalue weighted by Crippen LogP contribution is 2.29. The van der Waals surface area contributed by atoms with Crippen LogP contribution in [-0.2, 0) is 4.79 Å². The summed E-state index contributed by atoms with van der Waals surface area (Å²) in [4.78, 5) is 13.6. The van der Waals surface area contributed by atoms with Crippen LogP contribution in [0, 0.1) is 5.41 Å². The van der Waals surface area contributed by atoms with Gasteiger partial charge in [0.05, 0.1) is 18.2 Å². The molecule has 0 aliphatic carbocycles. The highest BCUT2D eigenvalue weighted by atomic mass is 16.5. The van der Waals surface area contributed by atoms with Crippen LogP contribution in [0.5, 0.6) is 5.75 Å². The fourth-order valence-corrected chi connectivity index (χ4v) is 1.89. The first kappa shape index (κ1) is 14.3. The van der Waals surface area contributed by atoms with Crippen LogP contribution in [0.3, 0.4) is 0 Å². The van der Waals surface area contributed by atoms with Crippen LogP contribution in [0.2, 0.25) is 0 Å². The van der Waals surface area contributed by atoms with Crippen LogP contribution < -0.4 is 20.9 Å². The number of carbonyl (C=O) groups is 1. The second kappa shape index (κ2) is 5.73. The zero-order chi connectivity index (χ0) is 13.8. The Morgan fingerprint density at radius 1 is 1.44 bits per heavy atom. The molecule has 0 fully saturated rings. The summed E-state index contributed by atoms with van der Waals surface area (Å²) in [5, 5.41) is 0. The second-order valence-electron chi connectivity index (χ2n) is 4.89. The van der Waals surface area contributed by atoms with E-state index in [2.05, 4.69) is 5.43 Å². The molecule has 0 aliphatic rings. The lowest BCUT2D eigenvalue weighted by atomic mass is 9.92. The highest BCUT2D eigenvalue weighted by molar-refractivity contribution is 5.82. The van der Waals surface area contributed by atoms with E-state index in [1.165, 1.54) is 0 Å². The summed E-state index contributed by atoms with van der Waals surface area (Å²) in [5.74, 6) is 5.78. The van der Waals surface area contributed by atoms with Gasteiger partial charge in [-0.15, -0.1) is 0 Å². The third-order valence-electron chi connectivity index (χ3n) is 2.87. The van der Waals surface area contributed by atoms with Crippen LogP contribution in [0.15, 0.2) is 24.3 Å². The van der Waals surface area contributed by atoms with Gasteiger partial charge in [0.1, 0.15) is 5.75 Å². The summed E-state index contributed by atoms with van der Waals surface area (Å²) in [6, 6.07) is 7.69. The smallest absolute Gasteiger partial charge is 0.241 e. The van der Waals surface area contributed by atoms with Crippen molar-refractivity contribution in [2.45, 2.75) is 13.8 Å². The molecule has 5 heteroatoms. The molecule has 100 valence electrons. The van der Waals surface area contributed by atoms with E-state index in [4.69, 9.17) is 10.6 Å². The Kier molecular flexibility index (Phi) is 4.55. The number of para-hydroxylation sites is 2. The lowest BCUT2D eigenvalue weighted by molar-refractivity contribution is -0.128. The van der Waals surface area contributed by atoms with Crippen molar-refractivity contribution in [3.63, 3.8) is 0 Å². The fraction of sp³-hybridized carbons (Fsp3) is 0.462. The van der Waals surface area contributed by atoms with Crippen LogP contribution >= 0.6 is 0 Å². The Morgan fingerprint density at radius 2 is 2.06 bits per heavy atom. The van der Waals surface area contributed by atoms with E-state index in [1.807, 2.05) is 50.1 Å².